The van der Waals surface area contributed by atoms with Crippen molar-refractivity contribution in [3.63, 3.8) is 0 Å². The molecule has 0 bridgehead atoms. The summed E-state index contributed by atoms with van der Waals surface area (Å²) in [5, 5.41) is 0. The van der Waals surface area contributed by atoms with Crippen LogP contribution in [0.15, 0.2) is 29.2 Å². The van der Waals surface area contributed by atoms with Crippen LogP contribution in [-0.2, 0) is 23.4 Å². The van der Waals surface area contributed by atoms with Crippen molar-refractivity contribution in [1.29, 1.82) is 0 Å². The van der Waals surface area contributed by atoms with Crippen molar-refractivity contribution in [2.45, 2.75) is 51.3 Å². The fraction of sp³-hybridized carbons (Fsp3) is 0.458. The number of rotatable bonds is 2. The van der Waals surface area contributed by atoms with Gasteiger partial charge in [-0.05, 0) is 74.4 Å². The molecule has 1 amide bonds. The Balaban J connectivity index is 1.31. The largest absolute Gasteiger partial charge is 0.365 e. The van der Waals surface area contributed by atoms with Gasteiger partial charge in [-0.2, -0.15) is 0 Å². The fourth-order valence-electron chi connectivity index (χ4n) is 4.85. The summed E-state index contributed by atoms with van der Waals surface area (Å²) in [7, 11) is 0. The van der Waals surface area contributed by atoms with Gasteiger partial charge in [0.1, 0.15) is 0 Å². The molecule has 3 aliphatic rings. The zero-order chi connectivity index (χ0) is 20.0. The molecular weight excluding hydrogens is 396 g/mol. The maximum atomic E-state index is 13.3. The zero-order valence-electron chi connectivity index (χ0n) is 17.2. The Bertz CT molecular complexity index is 977. The molecule has 0 saturated carbocycles. The van der Waals surface area contributed by atoms with Gasteiger partial charge in [0.2, 0.25) is 0 Å². The summed E-state index contributed by atoms with van der Waals surface area (Å²) in [6.07, 6.45) is 7.29. The molecule has 1 atom stereocenters. The summed E-state index contributed by atoms with van der Waals surface area (Å²) in [5.74, 6) is 1.19. The number of hydrogen-bond donors (Lipinski definition) is 0. The molecule has 1 aromatic heterocycles. The van der Waals surface area contributed by atoms with Gasteiger partial charge < -0.3 is 9.80 Å². The Morgan fingerprint density at radius 2 is 2.00 bits per heavy atom. The molecule has 0 unspecified atom stereocenters. The molecular formula is C24H28N2OS2. The third-order valence-corrected chi connectivity index (χ3v) is 8.72. The number of piperazine rings is 1. The minimum absolute atomic E-state index is 0.225. The minimum atomic E-state index is 0.225. The molecule has 2 aromatic rings. The predicted molar refractivity (Wildman–Crippen MR) is 125 cm³/mol. The zero-order valence-corrected chi connectivity index (χ0v) is 18.9. The second-order valence-electron chi connectivity index (χ2n) is 8.48. The highest BCUT2D eigenvalue weighted by Crippen LogP contribution is 2.43. The lowest BCUT2D eigenvalue weighted by Gasteiger charge is -2.41. The summed E-state index contributed by atoms with van der Waals surface area (Å²) in [6.45, 7) is 6.85. The van der Waals surface area contributed by atoms with Gasteiger partial charge >= 0.3 is 0 Å². The quantitative estimate of drug-likeness (QED) is 0.657. The first-order valence-corrected chi connectivity index (χ1v) is 12.5. The summed E-state index contributed by atoms with van der Waals surface area (Å²) in [6, 6.07) is 9.01. The molecule has 0 N–H and O–H groups in total. The summed E-state index contributed by atoms with van der Waals surface area (Å²) < 4.78 is 0. The molecule has 29 heavy (non-hydrogen) atoms. The normalized spacial score (nSPS) is 21.4. The Morgan fingerprint density at radius 1 is 1.14 bits per heavy atom. The fourth-order valence-corrected chi connectivity index (χ4v) is 7.45. The van der Waals surface area contributed by atoms with Gasteiger partial charge in [-0.15, -0.1) is 23.1 Å². The Kier molecular flexibility index (Phi) is 5.21. The lowest BCUT2D eigenvalue weighted by Crippen LogP contribution is -2.54. The molecule has 1 saturated heterocycles. The maximum absolute atomic E-state index is 13.3. The van der Waals surface area contributed by atoms with Crippen molar-refractivity contribution in [2.75, 3.05) is 24.5 Å². The van der Waals surface area contributed by atoms with Crippen LogP contribution < -0.4 is 4.90 Å². The van der Waals surface area contributed by atoms with Gasteiger partial charge in [0.15, 0.2) is 0 Å². The van der Waals surface area contributed by atoms with Gasteiger partial charge in [-0.25, -0.2) is 0 Å². The molecule has 1 aromatic carbocycles. The smallest absolute Gasteiger partial charge is 0.260 e. The lowest BCUT2D eigenvalue weighted by molar-refractivity contribution is -0.127. The van der Waals surface area contributed by atoms with Crippen LogP contribution in [0.3, 0.4) is 0 Å². The molecule has 5 rings (SSSR count). The number of hydrogen-bond acceptors (Lipinski definition) is 4. The average Bonchev–Trinajstić information content (AvgIpc) is 3.11. The molecule has 5 heteroatoms. The second-order valence-corrected chi connectivity index (χ2v) is 10.6. The molecule has 3 heterocycles. The molecule has 1 fully saturated rings. The highest BCUT2D eigenvalue weighted by atomic mass is 32.2. The van der Waals surface area contributed by atoms with Crippen LogP contribution in [-0.4, -0.2) is 36.5 Å². The molecule has 0 radical (unpaired) electrons. The monoisotopic (exact) mass is 424 g/mol. The topological polar surface area (TPSA) is 23.6 Å². The van der Waals surface area contributed by atoms with Crippen LogP contribution in [0.25, 0.3) is 6.08 Å². The molecule has 0 spiro atoms. The first-order chi connectivity index (χ1) is 14.1. The van der Waals surface area contributed by atoms with E-state index < -0.39 is 0 Å². The van der Waals surface area contributed by atoms with Crippen LogP contribution in [0.2, 0.25) is 0 Å². The number of fused-ring (bicyclic) bond motifs is 3. The SMILES string of the molecule is Cc1cccc(N2CCN(C(=O)C3=Cc4sc5c(c4CS3)CCCC5)C[C@@H]2C)c1. The highest BCUT2D eigenvalue weighted by molar-refractivity contribution is 8.03. The van der Waals surface area contributed by atoms with Crippen LogP contribution in [0, 0.1) is 6.92 Å². The Morgan fingerprint density at radius 3 is 2.83 bits per heavy atom. The molecule has 1 aliphatic carbocycles. The summed E-state index contributed by atoms with van der Waals surface area (Å²) in [5.41, 5.74) is 5.67. The van der Waals surface area contributed by atoms with E-state index in [9.17, 15) is 4.79 Å². The van der Waals surface area contributed by atoms with Gasteiger partial charge in [-0.1, -0.05) is 12.1 Å². The van der Waals surface area contributed by atoms with E-state index in [0.29, 0.717) is 6.04 Å². The van der Waals surface area contributed by atoms with Crippen LogP contribution in [0.1, 0.15) is 46.2 Å². The summed E-state index contributed by atoms with van der Waals surface area (Å²) in [4.78, 5) is 21.6. The number of nitrogens with zero attached hydrogens (tertiary/aromatic N) is 2. The first-order valence-electron chi connectivity index (χ1n) is 10.7. The average molecular weight is 425 g/mol. The minimum Gasteiger partial charge on any atom is -0.365 e. The Hall–Kier alpha value is -1.72. The molecule has 3 nitrogen and oxygen atoms in total. The van der Waals surface area contributed by atoms with Crippen molar-refractivity contribution >= 4 is 40.8 Å². The van der Waals surface area contributed by atoms with Crippen LogP contribution in [0.4, 0.5) is 5.69 Å². The number of benzene rings is 1. The van der Waals surface area contributed by atoms with E-state index >= 15 is 0 Å². The molecule has 2 aliphatic heterocycles. The third-order valence-electron chi connectivity index (χ3n) is 6.41. The lowest BCUT2D eigenvalue weighted by atomic mass is 9.95. The standard InChI is InChI=1S/C24H28N2OS2/c1-16-6-5-7-18(12-16)26-11-10-25(14-17(26)2)24(27)23-13-22-20(15-28-23)19-8-3-4-9-21(19)29-22/h5-7,12-13,17H,3-4,8-11,14-15H2,1-2H3/t17-/m0/s1. The van der Waals surface area contributed by atoms with Gasteiger partial charge in [0, 0.05) is 46.9 Å². The first kappa shape index (κ1) is 19.3. The number of carbonyl (C=O) groups excluding carboxylic acids is 1. The predicted octanol–water partition coefficient (Wildman–Crippen LogP) is 5.26. The van der Waals surface area contributed by atoms with E-state index in [-0.39, 0.29) is 5.91 Å². The van der Waals surface area contributed by atoms with Gasteiger partial charge in [-0.3, -0.25) is 4.79 Å². The van der Waals surface area contributed by atoms with Crippen LogP contribution in [0.5, 0.6) is 0 Å². The Labute approximate surface area is 181 Å². The molecule has 152 valence electrons. The second kappa shape index (κ2) is 7.84. The van der Waals surface area contributed by atoms with Crippen molar-refractivity contribution in [2.24, 2.45) is 0 Å². The number of carbonyl (C=O) groups is 1. The van der Waals surface area contributed by atoms with Crippen molar-refractivity contribution < 1.29 is 4.79 Å². The van der Waals surface area contributed by atoms with Crippen molar-refractivity contribution in [1.82, 2.24) is 4.90 Å². The van der Waals surface area contributed by atoms with Gasteiger partial charge in [0.05, 0.1) is 4.91 Å². The van der Waals surface area contributed by atoms with E-state index in [2.05, 4.69) is 54.0 Å². The van der Waals surface area contributed by atoms with Gasteiger partial charge in [0.25, 0.3) is 5.91 Å². The van der Waals surface area contributed by atoms with Crippen molar-refractivity contribution in [3.05, 3.63) is 55.6 Å². The number of thiophene rings is 1. The highest BCUT2D eigenvalue weighted by Gasteiger charge is 2.31. The van der Waals surface area contributed by atoms with Crippen molar-refractivity contribution in [3.8, 4) is 0 Å². The maximum Gasteiger partial charge on any atom is 0.260 e. The number of thioether (sulfide) groups is 1. The summed E-state index contributed by atoms with van der Waals surface area (Å²) >= 11 is 3.68. The van der Waals surface area contributed by atoms with E-state index in [0.717, 1.165) is 30.3 Å². The van der Waals surface area contributed by atoms with Crippen LogP contribution >= 0.6 is 23.1 Å². The van der Waals surface area contributed by atoms with E-state index in [4.69, 9.17) is 0 Å². The van der Waals surface area contributed by atoms with E-state index in [1.807, 2.05) is 11.3 Å². The number of amides is 1. The number of aryl methyl sites for hydroxylation is 2. The van der Waals surface area contributed by atoms with E-state index in [1.165, 1.54) is 47.4 Å². The van der Waals surface area contributed by atoms with E-state index in [1.54, 1.807) is 22.2 Å². The number of anilines is 1. The third kappa shape index (κ3) is 3.64.